The molecule has 3 aliphatic rings. The molecular weight excluding hydrogens is 98.1 g/mol. The van der Waals surface area contributed by atoms with Crippen LogP contribution in [0.3, 0.4) is 0 Å². The molecular formula is C7H15N. The molecule has 1 heteroatoms. The van der Waals surface area contributed by atoms with Crippen LogP contribution in [0, 0.1) is 0 Å². The highest BCUT2D eigenvalue weighted by molar-refractivity contribution is 4.96. The summed E-state index contributed by atoms with van der Waals surface area (Å²) in [5, 5.41) is 3.42. The van der Waals surface area contributed by atoms with Crippen molar-refractivity contribution >= 4 is 0 Å². The Bertz CT molecular complexity index is 51.3. The van der Waals surface area contributed by atoms with Gasteiger partial charge in [-0.2, -0.15) is 0 Å². The molecule has 2 saturated heterocycles. The molecule has 0 radical (unpaired) electrons. The second kappa shape index (κ2) is 2.49. The van der Waals surface area contributed by atoms with E-state index in [9.17, 15) is 0 Å². The Hall–Kier alpha value is -0.0400. The molecule has 0 aromatic heterocycles. The summed E-state index contributed by atoms with van der Waals surface area (Å²) in [6, 6.07) is 1.88. The molecule has 1 nitrogen and oxygen atoms in total. The van der Waals surface area contributed by atoms with Crippen LogP contribution in [0.5, 0.6) is 0 Å². The van der Waals surface area contributed by atoms with Crippen LogP contribution in [-0.4, -0.2) is 12.1 Å². The summed E-state index contributed by atoms with van der Waals surface area (Å²) in [6.45, 7) is 4.00. The first-order chi connectivity index (χ1) is 3.95. The molecule has 1 aliphatic carbocycles. The van der Waals surface area contributed by atoms with Gasteiger partial charge in [-0.25, -0.2) is 0 Å². The maximum absolute atomic E-state index is 3.42. The van der Waals surface area contributed by atoms with E-state index >= 15 is 0 Å². The number of hydrogen-bond donors (Lipinski definition) is 1. The highest BCUT2D eigenvalue weighted by Gasteiger charge is 2.34. The Morgan fingerprint density at radius 3 is 1.62 bits per heavy atom. The summed E-state index contributed by atoms with van der Waals surface area (Å²) in [5.74, 6) is 0. The number of hydrogen-bond acceptors (Lipinski definition) is 1. The third-order valence-corrected chi connectivity index (χ3v) is 1.90. The van der Waals surface area contributed by atoms with Crippen LogP contribution in [-0.2, 0) is 0 Å². The molecule has 1 N–H and O–H groups in total. The fourth-order valence-electron chi connectivity index (χ4n) is 1.46. The maximum Gasteiger partial charge on any atom is 0.00850 e. The maximum atomic E-state index is 3.42. The van der Waals surface area contributed by atoms with Crippen LogP contribution >= 0.6 is 0 Å². The fraction of sp³-hybridized carbons (Fsp3) is 1.00. The molecule has 48 valence electrons. The van der Waals surface area contributed by atoms with Crippen molar-refractivity contribution < 1.29 is 0 Å². The molecule has 0 spiro atoms. The smallest absolute Gasteiger partial charge is 0.00850 e. The molecule has 2 unspecified atom stereocenters. The molecule has 2 atom stereocenters. The van der Waals surface area contributed by atoms with E-state index in [0.717, 1.165) is 12.1 Å². The van der Waals surface area contributed by atoms with Crippen molar-refractivity contribution in [2.45, 2.75) is 45.2 Å². The molecule has 3 fully saturated rings. The number of fused-ring (bicyclic) bond motifs is 1. The lowest BCUT2D eigenvalue weighted by molar-refractivity contribution is 0.369. The summed E-state index contributed by atoms with van der Waals surface area (Å²) in [5.41, 5.74) is 0. The van der Waals surface area contributed by atoms with E-state index in [0.29, 0.717) is 0 Å². The van der Waals surface area contributed by atoms with Gasteiger partial charge in [0.2, 0.25) is 0 Å². The van der Waals surface area contributed by atoms with Gasteiger partial charge in [0.25, 0.3) is 0 Å². The molecule has 2 bridgehead atoms. The van der Waals surface area contributed by atoms with Crippen LogP contribution in [0.25, 0.3) is 0 Å². The van der Waals surface area contributed by atoms with E-state index in [2.05, 4.69) is 5.32 Å². The van der Waals surface area contributed by atoms with Crippen molar-refractivity contribution in [1.29, 1.82) is 0 Å². The van der Waals surface area contributed by atoms with Crippen LogP contribution in [0.2, 0.25) is 0 Å². The lowest BCUT2D eigenvalue weighted by Gasteiger charge is -2.24. The van der Waals surface area contributed by atoms with Gasteiger partial charge in [-0.1, -0.05) is 13.8 Å². The molecule has 2 heterocycles. The van der Waals surface area contributed by atoms with Gasteiger partial charge in [0, 0.05) is 12.1 Å². The Morgan fingerprint density at radius 1 is 1.12 bits per heavy atom. The Labute approximate surface area is 51.5 Å². The van der Waals surface area contributed by atoms with E-state index in [1.807, 2.05) is 13.8 Å². The zero-order chi connectivity index (χ0) is 5.98. The highest BCUT2D eigenvalue weighted by Crippen LogP contribution is 2.28. The van der Waals surface area contributed by atoms with Gasteiger partial charge in [-0.15, -0.1) is 0 Å². The third-order valence-electron chi connectivity index (χ3n) is 1.90. The first-order valence-corrected chi connectivity index (χ1v) is 3.71. The van der Waals surface area contributed by atoms with E-state index < -0.39 is 0 Å². The van der Waals surface area contributed by atoms with Crippen molar-refractivity contribution in [2.24, 2.45) is 0 Å². The summed E-state index contributed by atoms with van der Waals surface area (Å²) >= 11 is 0. The van der Waals surface area contributed by atoms with Gasteiger partial charge in [-0.05, 0) is 19.3 Å². The summed E-state index contributed by atoms with van der Waals surface area (Å²) in [4.78, 5) is 0. The largest absolute Gasteiger partial charge is 0.311 e. The first-order valence-electron chi connectivity index (χ1n) is 3.71. The van der Waals surface area contributed by atoms with Gasteiger partial charge < -0.3 is 5.32 Å². The standard InChI is InChI=1S/C5H9N.C2H6/c1-2-5-3-4(1)6-5;1-2/h4-6H,1-3H2;1-2H3. The minimum absolute atomic E-state index is 0.940. The van der Waals surface area contributed by atoms with E-state index in [1.54, 1.807) is 0 Å². The van der Waals surface area contributed by atoms with Crippen molar-refractivity contribution in [3.8, 4) is 0 Å². The third kappa shape index (κ3) is 0.873. The predicted octanol–water partition coefficient (Wildman–Crippen LogP) is 1.54. The first kappa shape index (κ1) is 6.09. The average Bonchev–Trinajstić information content (AvgIpc) is 2.24. The van der Waals surface area contributed by atoms with Crippen molar-refractivity contribution in [1.82, 2.24) is 5.32 Å². The second-order valence-corrected chi connectivity index (χ2v) is 2.37. The fourth-order valence-corrected chi connectivity index (χ4v) is 1.46. The quantitative estimate of drug-likeness (QED) is 0.502. The van der Waals surface area contributed by atoms with Gasteiger partial charge >= 0.3 is 0 Å². The van der Waals surface area contributed by atoms with E-state index in [-0.39, 0.29) is 0 Å². The minimum atomic E-state index is 0.940. The second-order valence-electron chi connectivity index (χ2n) is 2.37. The van der Waals surface area contributed by atoms with Gasteiger partial charge in [0.1, 0.15) is 0 Å². The molecule has 3 rings (SSSR count). The number of rotatable bonds is 0. The molecule has 2 aliphatic heterocycles. The Balaban J connectivity index is 0.000000147. The van der Waals surface area contributed by atoms with Gasteiger partial charge in [-0.3, -0.25) is 0 Å². The summed E-state index contributed by atoms with van der Waals surface area (Å²) in [7, 11) is 0. The molecule has 1 saturated carbocycles. The molecule has 0 aromatic carbocycles. The molecule has 0 amide bonds. The molecule has 8 heavy (non-hydrogen) atoms. The van der Waals surface area contributed by atoms with Crippen LogP contribution in [0.15, 0.2) is 0 Å². The SMILES string of the molecule is C1CC2CC1N2.CC. The minimum Gasteiger partial charge on any atom is -0.311 e. The highest BCUT2D eigenvalue weighted by atomic mass is 15.1. The monoisotopic (exact) mass is 113 g/mol. The summed E-state index contributed by atoms with van der Waals surface area (Å²) < 4.78 is 0. The lowest BCUT2D eigenvalue weighted by atomic mass is 10.1. The van der Waals surface area contributed by atoms with E-state index in [1.165, 1.54) is 19.3 Å². The van der Waals surface area contributed by atoms with Gasteiger partial charge in [0.05, 0.1) is 0 Å². The van der Waals surface area contributed by atoms with E-state index in [4.69, 9.17) is 0 Å². The van der Waals surface area contributed by atoms with Crippen molar-refractivity contribution in [3.63, 3.8) is 0 Å². The van der Waals surface area contributed by atoms with Crippen molar-refractivity contribution in [2.75, 3.05) is 0 Å². The van der Waals surface area contributed by atoms with Crippen LogP contribution in [0.4, 0.5) is 0 Å². The predicted molar refractivity (Wildman–Crippen MR) is 35.9 cm³/mol. The summed E-state index contributed by atoms with van der Waals surface area (Å²) in [6.07, 6.45) is 4.37. The van der Waals surface area contributed by atoms with Crippen molar-refractivity contribution in [3.05, 3.63) is 0 Å². The zero-order valence-electron chi connectivity index (χ0n) is 5.78. The zero-order valence-corrected chi connectivity index (χ0v) is 5.78. The molecule has 0 aromatic rings. The normalized spacial score (nSPS) is 39.8. The lowest BCUT2D eigenvalue weighted by Crippen LogP contribution is -2.43. The average molecular weight is 113 g/mol. The van der Waals surface area contributed by atoms with Crippen LogP contribution < -0.4 is 5.32 Å². The Kier molecular flexibility index (Phi) is 1.90. The number of nitrogens with one attached hydrogen (secondary N) is 1. The van der Waals surface area contributed by atoms with Gasteiger partial charge in [0.15, 0.2) is 0 Å². The van der Waals surface area contributed by atoms with Crippen LogP contribution in [0.1, 0.15) is 33.1 Å². The topological polar surface area (TPSA) is 12.0 Å². The Morgan fingerprint density at radius 2 is 1.50 bits per heavy atom.